The Balaban J connectivity index is 1.64. The molecule has 0 aromatic carbocycles. The van der Waals surface area contributed by atoms with Gasteiger partial charge < -0.3 is 14.2 Å². The maximum atomic E-state index is 5.52. The molecule has 8 nitrogen and oxygen atoms in total. The molecule has 0 radical (unpaired) electrons. The van der Waals surface area contributed by atoms with E-state index in [-0.39, 0.29) is 6.04 Å². The van der Waals surface area contributed by atoms with Crippen LogP contribution in [0.25, 0.3) is 0 Å². The van der Waals surface area contributed by atoms with E-state index in [1.807, 2.05) is 26.8 Å². The van der Waals surface area contributed by atoms with Gasteiger partial charge in [-0.3, -0.25) is 4.90 Å². The molecule has 8 heteroatoms. The quantitative estimate of drug-likeness (QED) is 0.819. The Bertz CT molecular complexity index is 681. The third-order valence-electron chi connectivity index (χ3n) is 4.16. The van der Waals surface area contributed by atoms with Crippen LogP contribution in [0.4, 0.5) is 5.95 Å². The molecule has 0 bridgehead atoms. The molecule has 3 rings (SSSR count). The van der Waals surface area contributed by atoms with E-state index in [9.17, 15) is 0 Å². The predicted octanol–water partition coefficient (Wildman–Crippen LogP) is 1.76. The smallest absolute Gasteiger partial charge is 0.243 e. The molecule has 1 saturated heterocycles. The molecule has 0 spiro atoms. The summed E-state index contributed by atoms with van der Waals surface area (Å²) >= 11 is 0. The molecule has 130 valence electrons. The summed E-state index contributed by atoms with van der Waals surface area (Å²) in [7, 11) is 0. The van der Waals surface area contributed by atoms with Crippen LogP contribution in [0.3, 0.4) is 0 Å². The van der Waals surface area contributed by atoms with E-state index in [1.165, 1.54) is 0 Å². The van der Waals surface area contributed by atoms with Crippen molar-refractivity contribution >= 4 is 5.95 Å². The molecular weight excluding hydrogens is 308 g/mol. The van der Waals surface area contributed by atoms with Crippen molar-refractivity contribution in [3.8, 4) is 5.88 Å². The Labute approximate surface area is 141 Å². The average molecular weight is 332 g/mol. The lowest BCUT2D eigenvalue weighted by molar-refractivity contribution is 0.163. The number of anilines is 1. The number of hydrogen-bond acceptors (Lipinski definition) is 8. The second kappa shape index (κ2) is 7.12. The summed E-state index contributed by atoms with van der Waals surface area (Å²) < 4.78 is 10.8. The lowest BCUT2D eigenvalue weighted by Gasteiger charge is -2.36. The molecule has 1 aliphatic rings. The van der Waals surface area contributed by atoms with Crippen LogP contribution in [0, 0.1) is 13.8 Å². The molecule has 0 amide bonds. The molecule has 0 N–H and O–H groups in total. The topological polar surface area (TPSA) is 80.4 Å². The van der Waals surface area contributed by atoms with E-state index >= 15 is 0 Å². The zero-order valence-corrected chi connectivity index (χ0v) is 14.7. The molecule has 24 heavy (non-hydrogen) atoms. The Morgan fingerprint density at radius 3 is 2.54 bits per heavy atom. The molecule has 1 aliphatic heterocycles. The molecule has 0 saturated carbocycles. The summed E-state index contributed by atoms with van der Waals surface area (Å²) in [5.74, 6) is 2.72. The van der Waals surface area contributed by atoms with E-state index in [1.54, 1.807) is 0 Å². The number of hydrogen-bond donors (Lipinski definition) is 0. The minimum atomic E-state index is 0.116. The number of ether oxygens (including phenoxy) is 1. The normalized spacial score (nSPS) is 17.1. The highest BCUT2D eigenvalue weighted by Gasteiger charge is 2.26. The zero-order chi connectivity index (χ0) is 17.1. The summed E-state index contributed by atoms with van der Waals surface area (Å²) in [6.07, 6.45) is 0. The van der Waals surface area contributed by atoms with Gasteiger partial charge in [0.05, 0.1) is 12.6 Å². The second-order valence-corrected chi connectivity index (χ2v) is 5.96. The van der Waals surface area contributed by atoms with Gasteiger partial charge in [0, 0.05) is 37.9 Å². The highest BCUT2D eigenvalue weighted by Crippen LogP contribution is 2.22. The number of piperazine rings is 1. The SMILES string of the molecule is CCOc1cc(C)nc(N2CCN([C@@H](C)c3nc(C)no3)CC2)n1. The maximum absolute atomic E-state index is 5.52. The van der Waals surface area contributed by atoms with Gasteiger partial charge in [-0.2, -0.15) is 9.97 Å². The summed E-state index contributed by atoms with van der Waals surface area (Å²) in [4.78, 5) is 17.9. The van der Waals surface area contributed by atoms with Gasteiger partial charge in [0.2, 0.25) is 17.7 Å². The standard InChI is InChI=1S/C16H24N6O2/c1-5-23-14-10-11(2)17-16(19-14)22-8-6-21(7-9-22)12(3)15-18-13(4)20-24-15/h10,12H,5-9H2,1-4H3/t12-/m0/s1. The molecule has 2 aromatic rings. The van der Waals surface area contributed by atoms with Crippen molar-refractivity contribution in [3.63, 3.8) is 0 Å². The van der Waals surface area contributed by atoms with E-state index < -0.39 is 0 Å². The van der Waals surface area contributed by atoms with Crippen molar-refractivity contribution in [2.24, 2.45) is 0 Å². The van der Waals surface area contributed by atoms with Crippen LogP contribution in [-0.4, -0.2) is 57.8 Å². The van der Waals surface area contributed by atoms with Gasteiger partial charge in [-0.25, -0.2) is 4.98 Å². The van der Waals surface area contributed by atoms with E-state index in [2.05, 4.69) is 36.8 Å². The van der Waals surface area contributed by atoms with Crippen molar-refractivity contribution in [2.75, 3.05) is 37.7 Å². The van der Waals surface area contributed by atoms with Gasteiger partial charge in [0.15, 0.2) is 5.82 Å². The van der Waals surface area contributed by atoms with Gasteiger partial charge in [-0.05, 0) is 27.7 Å². The van der Waals surface area contributed by atoms with Crippen LogP contribution in [0.5, 0.6) is 5.88 Å². The predicted molar refractivity (Wildman–Crippen MR) is 89.2 cm³/mol. The van der Waals surface area contributed by atoms with Gasteiger partial charge in [-0.15, -0.1) is 0 Å². The van der Waals surface area contributed by atoms with Crippen LogP contribution < -0.4 is 9.64 Å². The fourth-order valence-electron chi connectivity index (χ4n) is 2.84. The van der Waals surface area contributed by atoms with Crippen molar-refractivity contribution in [3.05, 3.63) is 23.5 Å². The van der Waals surface area contributed by atoms with Gasteiger partial charge in [0.1, 0.15) is 0 Å². The monoisotopic (exact) mass is 332 g/mol. The maximum Gasteiger partial charge on any atom is 0.243 e. The van der Waals surface area contributed by atoms with Crippen molar-refractivity contribution in [1.82, 2.24) is 25.0 Å². The van der Waals surface area contributed by atoms with Gasteiger partial charge in [0.25, 0.3) is 0 Å². The minimum Gasteiger partial charge on any atom is -0.478 e. The summed E-state index contributed by atoms with van der Waals surface area (Å²) in [6.45, 7) is 11.9. The zero-order valence-electron chi connectivity index (χ0n) is 14.7. The van der Waals surface area contributed by atoms with Crippen molar-refractivity contribution in [1.29, 1.82) is 0 Å². The van der Waals surface area contributed by atoms with E-state index in [0.717, 1.165) is 37.8 Å². The van der Waals surface area contributed by atoms with Crippen LogP contribution in [0.15, 0.2) is 10.6 Å². The Kier molecular flexibility index (Phi) is 4.94. The van der Waals surface area contributed by atoms with E-state index in [4.69, 9.17) is 9.26 Å². The molecule has 3 heterocycles. The minimum absolute atomic E-state index is 0.116. The molecule has 0 unspecified atom stereocenters. The first kappa shape index (κ1) is 16.6. The van der Waals surface area contributed by atoms with Gasteiger partial charge in [-0.1, -0.05) is 5.16 Å². The Morgan fingerprint density at radius 1 is 1.17 bits per heavy atom. The van der Waals surface area contributed by atoms with Crippen LogP contribution in [-0.2, 0) is 0 Å². The summed E-state index contributed by atoms with van der Waals surface area (Å²) in [6, 6.07) is 1.98. The Hall–Kier alpha value is -2.22. The largest absolute Gasteiger partial charge is 0.478 e. The first-order valence-corrected chi connectivity index (χ1v) is 8.34. The number of rotatable bonds is 5. The highest BCUT2D eigenvalue weighted by molar-refractivity contribution is 5.35. The molecule has 0 aliphatic carbocycles. The molecular formula is C16H24N6O2. The molecule has 1 atom stereocenters. The lowest BCUT2D eigenvalue weighted by atomic mass is 10.2. The van der Waals surface area contributed by atoms with Crippen LogP contribution >= 0.6 is 0 Å². The van der Waals surface area contributed by atoms with Crippen LogP contribution in [0.2, 0.25) is 0 Å². The molecule has 2 aromatic heterocycles. The summed E-state index contributed by atoms with van der Waals surface area (Å²) in [5, 5.41) is 3.87. The fraction of sp³-hybridized carbons (Fsp3) is 0.625. The first-order valence-electron chi connectivity index (χ1n) is 8.34. The third-order valence-corrected chi connectivity index (χ3v) is 4.16. The first-order chi connectivity index (χ1) is 11.6. The van der Waals surface area contributed by atoms with Crippen molar-refractivity contribution in [2.45, 2.75) is 33.7 Å². The Morgan fingerprint density at radius 2 is 1.92 bits per heavy atom. The van der Waals surface area contributed by atoms with Gasteiger partial charge >= 0.3 is 0 Å². The summed E-state index contributed by atoms with van der Waals surface area (Å²) in [5.41, 5.74) is 0.917. The number of aromatic nitrogens is 4. The number of nitrogens with zero attached hydrogens (tertiary/aromatic N) is 6. The second-order valence-electron chi connectivity index (χ2n) is 5.96. The highest BCUT2D eigenvalue weighted by atomic mass is 16.5. The third kappa shape index (κ3) is 3.64. The van der Waals surface area contributed by atoms with E-state index in [0.29, 0.717) is 24.2 Å². The number of aryl methyl sites for hydroxylation is 2. The van der Waals surface area contributed by atoms with Crippen LogP contribution in [0.1, 0.15) is 37.3 Å². The lowest BCUT2D eigenvalue weighted by Crippen LogP contribution is -2.47. The average Bonchev–Trinajstić information content (AvgIpc) is 3.00. The van der Waals surface area contributed by atoms with Crippen molar-refractivity contribution < 1.29 is 9.26 Å². The molecule has 1 fully saturated rings. The fourth-order valence-corrected chi connectivity index (χ4v) is 2.84.